The molecule has 2 heterocycles. The monoisotopic (exact) mass is 417 g/mol. The van der Waals surface area contributed by atoms with Crippen molar-refractivity contribution in [2.75, 3.05) is 0 Å². The number of nitro groups is 1. The number of hydrogen-bond acceptors (Lipinski definition) is 6. The minimum Gasteiger partial charge on any atom is -0.455 e. The molecule has 1 aromatic heterocycles. The molecule has 31 heavy (non-hydrogen) atoms. The molecule has 1 saturated heterocycles. The normalized spacial score (nSPS) is 32.6. The zero-order valence-corrected chi connectivity index (χ0v) is 16.7. The molecule has 2 bridgehead atoms. The van der Waals surface area contributed by atoms with Gasteiger partial charge in [-0.3, -0.25) is 19.7 Å². The summed E-state index contributed by atoms with van der Waals surface area (Å²) >= 11 is 0. The minimum absolute atomic E-state index is 0.0237. The Morgan fingerprint density at radius 3 is 2.42 bits per heavy atom. The SMILES string of the molecule is Cc1ccc([N+](=O)[O-])cc1-c1ccc(/C=N\N2C(=O)[C@@H]3[C@@H]4C=C[C@H]([C@@H]5C[C@H]45)[C@H]3C2=O)o1. The zero-order valence-electron chi connectivity index (χ0n) is 16.7. The molecule has 0 spiro atoms. The van der Waals surface area contributed by atoms with Gasteiger partial charge in [-0.05, 0) is 54.7 Å². The maximum atomic E-state index is 13.0. The topological polar surface area (TPSA) is 106 Å². The number of allylic oxidation sites excluding steroid dienone is 2. The Bertz CT molecular complexity index is 1180. The summed E-state index contributed by atoms with van der Waals surface area (Å²) in [5.41, 5.74) is 1.42. The molecule has 8 heteroatoms. The van der Waals surface area contributed by atoms with Crippen LogP contribution in [0.15, 0.2) is 52.0 Å². The second-order valence-electron chi connectivity index (χ2n) is 8.85. The number of non-ortho nitro benzene ring substituents is 1. The molecule has 1 aromatic carbocycles. The highest BCUT2D eigenvalue weighted by Crippen LogP contribution is 2.65. The van der Waals surface area contributed by atoms with Gasteiger partial charge in [-0.15, -0.1) is 0 Å². The third-order valence-corrected chi connectivity index (χ3v) is 7.26. The molecule has 6 atom stereocenters. The van der Waals surface area contributed by atoms with Crippen LogP contribution in [0.25, 0.3) is 11.3 Å². The van der Waals surface area contributed by atoms with Gasteiger partial charge in [0.05, 0.1) is 23.0 Å². The highest BCUT2D eigenvalue weighted by Gasteiger charge is 2.67. The van der Waals surface area contributed by atoms with E-state index < -0.39 is 4.92 Å². The number of amides is 2. The van der Waals surface area contributed by atoms with Crippen molar-refractivity contribution in [1.82, 2.24) is 5.01 Å². The largest absolute Gasteiger partial charge is 0.455 e. The van der Waals surface area contributed by atoms with Crippen LogP contribution in [-0.4, -0.2) is 28.0 Å². The first kappa shape index (κ1) is 18.2. The molecule has 0 radical (unpaired) electrons. The maximum Gasteiger partial charge on any atom is 0.270 e. The van der Waals surface area contributed by atoms with Crippen molar-refractivity contribution in [2.24, 2.45) is 40.6 Å². The third-order valence-electron chi connectivity index (χ3n) is 7.26. The van der Waals surface area contributed by atoms with Crippen LogP contribution in [0.1, 0.15) is 17.7 Å². The summed E-state index contributed by atoms with van der Waals surface area (Å²) in [5, 5.41) is 16.3. The van der Waals surface area contributed by atoms with Crippen molar-refractivity contribution in [3.8, 4) is 11.3 Å². The van der Waals surface area contributed by atoms with E-state index in [0.717, 1.165) is 17.0 Å². The van der Waals surface area contributed by atoms with E-state index in [1.54, 1.807) is 18.2 Å². The third kappa shape index (κ3) is 2.57. The Morgan fingerprint density at radius 1 is 1.10 bits per heavy atom. The Labute approximate surface area is 177 Å². The average Bonchev–Trinajstić information content (AvgIpc) is 3.40. The highest BCUT2D eigenvalue weighted by atomic mass is 16.6. The summed E-state index contributed by atoms with van der Waals surface area (Å²) in [6.45, 7) is 1.84. The molecule has 156 valence electrons. The second-order valence-corrected chi connectivity index (χ2v) is 8.85. The molecule has 2 amide bonds. The fraction of sp³-hybridized carbons (Fsp3) is 0.348. The van der Waals surface area contributed by atoms with Crippen LogP contribution >= 0.6 is 0 Å². The molecule has 7 rings (SSSR count). The van der Waals surface area contributed by atoms with Gasteiger partial charge in [0.1, 0.15) is 11.5 Å². The van der Waals surface area contributed by atoms with E-state index in [4.69, 9.17) is 4.42 Å². The Morgan fingerprint density at radius 2 is 1.77 bits per heavy atom. The molecule has 5 aliphatic rings. The smallest absolute Gasteiger partial charge is 0.270 e. The maximum absolute atomic E-state index is 13.0. The molecule has 2 saturated carbocycles. The number of rotatable bonds is 4. The molecule has 1 aliphatic heterocycles. The van der Waals surface area contributed by atoms with Crippen LogP contribution in [0.2, 0.25) is 0 Å². The van der Waals surface area contributed by atoms with Gasteiger partial charge < -0.3 is 4.42 Å². The van der Waals surface area contributed by atoms with E-state index >= 15 is 0 Å². The lowest BCUT2D eigenvalue weighted by Gasteiger charge is -2.37. The van der Waals surface area contributed by atoms with Crippen LogP contribution in [0.3, 0.4) is 0 Å². The summed E-state index contributed by atoms with van der Waals surface area (Å²) in [6.07, 6.45) is 6.72. The van der Waals surface area contributed by atoms with Crippen molar-refractivity contribution in [2.45, 2.75) is 13.3 Å². The zero-order chi connectivity index (χ0) is 21.4. The predicted octanol–water partition coefficient (Wildman–Crippen LogP) is 3.55. The number of carbonyl (C=O) groups excluding carboxylic acids is 2. The van der Waals surface area contributed by atoms with Crippen LogP contribution in [0.5, 0.6) is 0 Å². The van der Waals surface area contributed by atoms with E-state index in [0.29, 0.717) is 28.9 Å². The highest BCUT2D eigenvalue weighted by molar-refractivity contribution is 6.06. The Kier molecular flexibility index (Phi) is 3.66. The summed E-state index contributed by atoms with van der Waals surface area (Å²) in [4.78, 5) is 36.5. The quantitative estimate of drug-likeness (QED) is 0.249. The molecule has 4 aliphatic carbocycles. The number of hydrogen-bond donors (Lipinski definition) is 0. The van der Waals surface area contributed by atoms with E-state index in [-0.39, 0.29) is 41.2 Å². The summed E-state index contributed by atoms with van der Waals surface area (Å²) < 4.78 is 5.78. The standard InChI is InChI=1S/C23H19N3O5/c1-11-2-3-12(26(29)30)8-16(11)19-7-4-13(31-19)10-24-25-22(27)20-14-5-6-15(18-9-17(14)18)21(20)23(25)28/h2-8,10,14-15,17-18,20-21H,9H2,1H3/b24-10-/t14-,15-,17-,18+,20-,21-/m1/s1. The molecular formula is C23H19N3O5. The number of hydrazone groups is 1. The van der Waals surface area contributed by atoms with Crippen molar-refractivity contribution < 1.29 is 18.9 Å². The minimum atomic E-state index is -0.454. The van der Waals surface area contributed by atoms with Crippen molar-refractivity contribution in [3.05, 3.63) is 63.9 Å². The van der Waals surface area contributed by atoms with E-state index in [9.17, 15) is 19.7 Å². The van der Waals surface area contributed by atoms with Gasteiger partial charge in [0.2, 0.25) is 0 Å². The van der Waals surface area contributed by atoms with Gasteiger partial charge in [-0.25, -0.2) is 0 Å². The van der Waals surface area contributed by atoms with Crippen LogP contribution in [0, 0.1) is 52.5 Å². The Balaban J connectivity index is 1.25. The van der Waals surface area contributed by atoms with Crippen molar-refractivity contribution in [3.63, 3.8) is 0 Å². The first-order chi connectivity index (χ1) is 14.9. The predicted molar refractivity (Wildman–Crippen MR) is 110 cm³/mol. The van der Waals surface area contributed by atoms with Gasteiger partial charge in [-0.1, -0.05) is 18.2 Å². The summed E-state index contributed by atoms with van der Waals surface area (Å²) in [7, 11) is 0. The summed E-state index contributed by atoms with van der Waals surface area (Å²) in [6, 6.07) is 7.93. The molecule has 0 unspecified atom stereocenters. The first-order valence-corrected chi connectivity index (χ1v) is 10.4. The molecule has 2 aromatic rings. The fourth-order valence-corrected chi connectivity index (χ4v) is 5.73. The van der Waals surface area contributed by atoms with Crippen molar-refractivity contribution in [1.29, 1.82) is 0 Å². The number of imide groups is 1. The van der Waals surface area contributed by atoms with Gasteiger partial charge in [0, 0.05) is 17.7 Å². The number of nitrogens with zero attached hydrogens (tertiary/aromatic N) is 3. The lowest BCUT2D eigenvalue weighted by Crippen LogP contribution is -2.40. The second kappa shape index (κ2) is 6.23. The van der Waals surface area contributed by atoms with Crippen LogP contribution < -0.4 is 0 Å². The molecule has 8 nitrogen and oxygen atoms in total. The molecule has 0 N–H and O–H groups in total. The van der Waals surface area contributed by atoms with Crippen LogP contribution in [-0.2, 0) is 9.59 Å². The molecule has 3 fully saturated rings. The number of carbonyl (C=O) groups is 2. The first-order valence-electron chi connectivity index (χ1n) is 10.4. The number of furan rings is 1. The lowest BCUT2D eigenvalue weighted by atomic mass is 9.63. The van der Waals surface area contributed by atoms with Gasteiger partial charge in [0.15, 0.2) is 0 Å². The van der Waals surface area contributed by atoms with Crippen LogP contribution in [0.4, 0.5) is 5.69 Å². The number of benzene rings is 1. The lowest BCUT2D eigenvalue weighted by molar-refractivity contribution is -0.384. The van der Waals surface area contributed by atoms with Gasteiger partial charge >= 0.3 is 0 Å². The van der Waals surface area contributed by atoms with E-state index in [1.807, 2.05) is 6.92 Å². The summed E-state index contributed by atoms with van der Waals surface area (Å²) in [5.74, 6) is 1.19. The molecular weight excluding hydrogens is 398 g/mol. The average molecular weight is 417 g/mol. The Hall–Kier alpha value is -3.55. The van der Waals surface area contributed by atoms with E-state index in [1.165, 1.54) is 18.3 Å². The van der Waals surface area contributed by atoms with E-state index in [2.05, 4.69) is 17.3 Å². The van der Waals surface area contributed by atoms with Crippen molar-refractivity contribution >= 4 is 23.7 Å². The number of aryl methyl sites for hydroxylation is 1. The fourth-order valence-electron chi connectivity index (χ4n) is 5.73. The van der Waals surface area contributed by atoms with Gasteiger partial charge in [0.25, 0.3) is 17.5 Å². The van der Waals surface area contributed by atoms with Gasteiger partial charge in [-0.2, -0.15) is 10.1 Å². The number of nitro benzene ring substituents is 1.